The van der Waals surface area contributed by atoms with Gasteiger partial charge in [0.25, 0.3) is 0 Å². The lowest BCUT2D eigenvalue weighted by atomic mass is 10.3. The van der Waals surface area contributed by atoms with Crippen LogP contribution in [0, 0.1) is 5.92 Å². The van der Waals surface area contributed by atoms with E-state index in [-0.39, 0.29) is 6.03 Å². The number of carboxylic acids is 1. The second-order valence-electron chi connectivity index (χ2n) is 5.43. The fraction of sp³-hybridized carbons (Fsp3) is 0.833. The van der Waals surface area contributed by atoms with Crippen molar-refractivity contribution in [3.05, 3.63) is 0 Å². The highest BCUT2D eigenvalue weighted by Crippen LogP contribution is 2.36. The maximum atomic E-state index is 12.5. The number of amides is 2. The van der Waals surface area contributed by atoms with Crippen LogP contribution in [0.3, 0.4) is 0 Å². The smallest absolute Gasteiger partial charge is 0.327 e. The first kappa shape index (κ1) is 12.1. The Morgan fingerprint density at radius 1 is 1.28 bits per heavy atom. The number of urea groups is 1. The summed E-state index contributed by atoms with van der Waals surface area (Å²) < 4.78 is 0. The zero-order chi connectivity index (χ0) is 12.7. The molecule has 1 atom stereocenters. The monoisotopic (exact) mass is 270 g/mol. The topological polar surface area (TPSA) is 60.9 Å². The van der Waals surface area contributed by atoms with E-state index in [1.165, 1.54) is 29.5 Å². The molecule has 18 heavy (non-hydrogen) atoms. The van der Waals surface area contributed by atoms with Gasteiger partial charge in [-0.25, -0.2) is 9.59 Å². The average Bonchev–Trinajstić information content (AvgIpc) is 3.24. The highest BCUT2D eigenvalue weighted by molar-refractivity contribution is 7.99. The van der Waals surface area contributed by atoms with Gasteiger partial charge in [-0.2, -0.15) is 0 Å². The van der Waals surface area contributed by atoms with Crippen LogP contribution in [0.1, 0.15) is 25.7 Å². The predicted octanol–water partition coefficient (Wildman–Crippen LogP) is 1.44. The molecule has 0 aromatic heterocycles. The van der Waals surface area contributed by atoms with E-state index in [1.54, 1.807) is 0 Å². The Kier molecular flexibility index (Phi) is 3.13. The molecule has 2 aliphatic carbocycles. The second kappa shape index (κ2) is 4.64. The maximum Gasteiger partial charge on any atom is 0.327 e. The molecule has 0 aromatic carbocycles. The van der Waals surface area contributed by atoms with Crippen molar-refractivity contribution in [2.24, 2.45) is 5.92 Å². The third-order valence-corrected chi connectivity index (χ3v) is 4.81. The van der Waals surface area contributed by atoms with Crippen molar-refractivity contribution in [1.82, 2.24) is 9.80 Å². The van der Waals surface area contributed by atoms with Crippen molar-refractivity contribution in [2.45, 2.75) is 37.8 Å². The molecule has 0 spiro atoms. The molecule has 3 fully saturated rings. The van der Waals surface area contributed by atoms with Gasteiger partial charge in [-0.15, -0.1) is 11.8 Å². The van der Waals surface area contributed by atoms with Gasteiger partial charge in [0.2, 0.25) is 0 Å². The summed E-state index contributed by atoms with van der Waals surface area (Å²) >= 11 is 1.53. The predicted molar refractivity (Wildman–Crippen MR) is 68.4 cm³/mol. The van der Waals surface area contributed by atoms with Crippen molar-refractivity contribution in [1.29, 1.82) is 0 Å². The molecule has 0 bridgehead atoms. The minimum absolute atomic E-state index is 0.0539. The minimum atomic E-state index is -0.879. The third-order valence-electron chi connectivity index (χ3n) is 3.80. The maximum absolute atomic E-state index is 12.5. The van der Waals surface area contributed by atoms with Crippen LogP contribution in [0.15, 0.2) is 0 Å². The summed E-state index contributed by atoms with van der Waals surface area (Å²) in [6.07, 6.45) is 4.59. The van der Waals surface area contributed by atoms with Crippen LogP contribution < -0.4 is 0 Å². The number of hydrogen-bond donors (Lipinski definition) is 1. The summed E-state index contributed by atoms with van der Waals surface area (Å²) in [5, 5.41) is 9.14. The summed E-state index contributed by atoms with van der Waals surface area (Å²) in [5.74, 6) is 0.816. The van der Waals surface area contributed by atoms with Crippen molar-refractivity contribution >= 4 is 23.8 Å². The first-order chi connectivity index (χ1) is 8.66. The van der Waals surface area contributed by atoms with E-state index in [2.05, 4.69) is 0 Å². The van der Waals surface area contributed by atoms with Crippen molar-refractivity contribution in [3.63, 3.8) is 0 Å². The summed E-state index contributed by atoms with van der Waals surface area (Å²) in [4.78, 5) is 27.1. The largest absolute Gasteiger partial charge is 0.480 e. The number of aliphatic carboxylic acids is 1. The van der Waals surface area contributed by atoms with Crippen LogP contribution in [-0.2, 0) is 4.79 Å². The van der Waals surface area contributed by atoms with Crippen LogP contribution in [0.25, 0.3) is 0 Å². The van der Waals surface area contributed by atoms with E-state index in [0.717, 1.165) is 19.4 Å². The third kappa shape index (κ3) is 2.43. The molecule has 0 radical (unpaired) electrons. The van der Waals surface area contributed by atoms with Crippen LogP contribution in [-0.4, -0.2) is 57.2 Å². The Morgan fingerprint density at radius 3 is 2.56 bits per heavy atom. The van der Waals surface area contributed by atoms with E-state index in [1.807, 2.05) is 4.90 Å². The van der Waals surface area contributed by atoms with Gasteiger partial charge in [-0.3, -0.25) is 0 Å². The summed E-state index contributed by atoms with van der Waals surface area (Å²) in [7, 11) is 0. The lowest BCUT2D eigenvalue weighted by Crippen LogP contribution is -2.50. The zero-order valence-corrected chi connectivity index (χ0v) is 11.1. The molecule has 3 rings (SSSR count). The number of carboxylic acid groups (broad SMARTS) is 1. The molecule has 0 aromatic rings. The standard InChI is InChI=1S/C12H18N2O3S/c15-11(16)10-6-18-7-14(10)12(17)13(9-3-4-9)5-8-1-2-8/h8-10H,1-7H2,(H,15,16)/t10-/m0/s1. The Hall–Kier alpha value is -0.910. The number of carbonyl (C=O) groups is 2. The summed E-state index contributed by atoms with van der Waals surface area (Å²) in [6, 6.07) is -0.317. The highest BCUT2D eigenvalue weighted by Gasteiger charge is 2.42. The van der Waals surface area contributed by atoms with Gasteiger partial charge in [-0.1, -0.05) is 0 Å². The molecule has 3 aliphatic rings. The SMILES string of the molecule is O=C(O)[C@@H]1CSCN1C(=O)N(CC1CC1)C1CC1. The van der Waals surface area contributed by atoms with Crippen molar-refractivity contribution in [3.8, 4) is 0 Å². The fourth-order valence-corrected chi connectivity index (χ4v) is 3.49. The number of thioether (sulfide) groups is 1. The van der Waals surface area contributed by atoms with Gasteiger partial charge < -0.3 is 14.9 Å². The van der Waals surface area contributed by atoms with Crippen LogP contribution >= 0.6 is 11.8 Å². The molecule has 0 unspecified atom stereocenters. The first-order valence-corrected chi connectivity index (χ1v) is 7.70. The van der Waals surface area contributed by atoms with Gasteiger partial charge >= 0.3 is 12.0 Å². The van der Waals surface area contributed by atoms with E-state index in [4.69, 9.17) is 5.11 Å². The van der Waals surface area contributed by atoms with Gasteiger partial charge in [-0.05, 0) is 31.6 Å². The second-order valence-corrected chi connectivity index (χ2v) is 6.43. The van der Waals surface area contributed by atoms with Crippen molar-refractivity contribution < 1.29 is 14.7 Å². The molecule has 1 heterocycles. The lowest BCUT2D eigenvalue weighted by Gasteiger charge is -2.30. The molecule has 6 heteroatoms. The number of hydrogen-bond acceptors (Lipinski definition) is 3. The van der Waals surface area contributed by atoms with Crippen LogP contribution in [0.5, 0.6) is 0 Å². The van der Waals surface area contributed by atoms with Crippen LogP contribution in [0.2, 0.25) is 0 Å². The molecular weight excluding hydrogens is 252 g/mol. The van der Waals surface area contributed by atoms with E-state index < -0.39 is 12.0 Å². The number of nitrogens with zero attached hydrogens (tertiary/aromatic N) is 2. The molecule has 2 saturated carbocycles. The molecule has 1 aliphatic heterocycles. The van der Waals surface area contributed by atoms with Gasteiger partial charge in [0.05, 0.1) is 5.88 Å². The quantitative estimate of drug-likeness (QED) is 0.839. The summed E-state index contributed by atoms with van der Waals surface area (Å²) in [6.45, 7) is 0.830. The zero-order valence-electron chi connectivity index (χ0n) is 10.2. The molecular formula is C12H18N2O3S. The normalized spacial score (nSPS) is 27.3. The van der Waals surface area contributed by atoms with Gasteiger partial charge in [0.1, 0.15) is 6.04 Å². The Morgan fingerprint density at radius 2 is 2.00 bits per heavy atom. The molecule has 1 N–H and O–H groups in total. The van der Waals surface area contributed by atoms with Crippen LogP contribution in [0.4, 0.5) is 4.79 Å². The highest BCUT2D eigenvalue weighted by atomic mass is 32.2. The Bertz CT molecular complexity index is 368. The van der Waals surface area contributed by atoms with E-state index in [0.29, 0.717) is 23.6 Å². The number of rotatable bonds is 4. The van der Waals surface area contributed by atoms with Gasteiger partial charge in [0, 0.05) is 18.3 Å². The Balaban J connectivity index is 1.68. The minimum Gasteiger partial charge on any atom is -0.480 e. The molecule has 2 amide bonds. The summed E-state index contributed by atoms with van der Waals surface area (Å²) in [5.41, 5.74) is 0. The Labute approximate surface area is 110 Å². The lowest BCUT2D eigenvalue weighted by molar-refractivity contribution is -0.140. The molecule has 100 valence electrons. The van der Waals surface area contributed by atoms with E-state index >= 15 is 0 Å². The van der Waals surface area contributed by atoms with E-state index in [9.17, 15) is 9.59 Å². The molecule has 1 saturated heterocycles. The fourth-order valence-electron chi connectivity index (χ4n) is 2.35. The number of carbonyl (C=O) groups excluding carboxylic acids is 1. The van der Waals surface area contributed by atoms with Gasteiger partial charge in [0.15, 0.2) is 0 Å². The first-order valence-electron chi connectivity index (χ1n) is 6.54. The molecule has 5 nitrogen and oxygen atoms in total. The average molecular weight is 270 g/mol. The van der Waals surface area contributed by atoms with Crippen molar-refractivity contribution in [2.75, 3.05) is 18.2 Å².